The number of hydrogen-bond donors (Lipinski definition) is 5. The van der Waals surface area contributed by atoms with E-state index in [0.29, 0.717) is 9.75 Å². The van der Waals surface area contributed by atoms with Crippen LogP contribution in [0.15, 0.2) is 60.7 Å². The highest BCUT2D eigenvalue weighted by atomic mass is 32.1. The van der Waals surface area contributed by atoms with Gasteiger partial charge < -0.3 is 20.3 Å². The van der Waals surface area contributed by atoms with Crippen molar-refractivity contribution in [3.63, 3.8) is 0 Å². The van der Waals surface area contributed by atoms with Gasteiger partial charge in [-0.15, -0.1) is 11.3 Å². The molecule has 172 valence electrons. The Morgan fingerprint density at radius 3 is 2.27 bits per heavy atom. The number of nitrogens with two attached hydrogens (primary N) is 1. The molecule has 2 amide bonds. The molecular formula is C24H25N3O5S. The molecule has 0 saturated carbocycles. The maximum atomic E-state index is 12.2. The van der Waals surface area contributed by atoms with E-state index >= 15 is 0 Å². The van der Waals surface area contributed by atoms with Gasteiger partial charge in [0.2, 0.25) is 0 Å². The van der Waals surface area contributed by atoms with Gasteiger partial charge in [-0.3, -0.25) is 10.2 Å². The summed E-state index contributed by atoms with van der Waals surface area (Å²) < 4.78 is 5.46. The van der Waals surface area contributed by atoms with Crippen LogP contribution >= 0.6 is 11.3 Å². The molecule has 1 aliphatic rings. The van der Waals surface area contributed by atoms with Crippen LogP contribution in [0.4, 0.5) is 4.79 Å². The van der Waals surface area contributed by atoms with Crippen molar-refractivity contribution in [3.05, 3.63) is 81.5 Å². The first-order chi connectivity index (χ1) is 16.0. The van der Waals surface area contributed by atoms with E-state index in [1.807, 2.05) is 41.8 Å². The molecule has 0 spiro atoms. The van der Waals surface area contributed by atoms with E-state index < -0.39 is 24.2 Å². The average molecular weight is 468 g/mol. The predicted octanol–water partition coefficient (Wildman–Crippen LogP) is 2.67. The molecule has 3 aromatic rings. The maximum absolute atomic E-state index is 12.2. The van der Waals surface area contributed by atoms with Crippen molar-refractivity contribution in [2.24, 2.45) is 5.84 Å². The van der Waals surface area contributed by atoms with Gasteiger partial charge >= 0.3 is 6.09 Å². The zero-order valence-electron chi connectivity index (χ0n) is 17.7. The van der Waals surface area contributed by atoms with E-state index in [1.54, 1.807) is 6.07 Å². The van der Waals surface area contributed by atoms with Crippen LogP contribution in [0.3, 0.4) is 0 Å². The lowest BCUT2D eigenvalue weighted by molar-refractivity contribution is 0.0158. The minimum Gasteiger partial charge on any atom is -0.449 e. The fraction of sp³-hybridized carbons (Fsp3) is 0.250. The number of aliphatic hydroxyl groups is 2. The van der Waals surface area contributed by atoms with Gasteiger partial charge in [-0.1, -0.05) is 48.5 Å². The summed E-state index contributed by atoms with van der Waals surface area (Å²) in [6.45, 7) is 0.322. The Labute approximate surface area is 195 Å². The number of carbonyl (C=O) groups is 2. The molecule has 0 bridgehead atoms. The molecule has 0 aliphatic heterocycles. The molecule has 0 radical (unpaired) electrons. The number of thiophene rings is 1. The molecule has 1 aromatic heterocycles. The first kappa shape index (κ1) is 22.9. The molecule has 1 heterocycles. The molecule has 33 heavy (non-hydrogen) atoms. The highest BCUT2D eigenvalue weighted by Crippen LogP contribution is 2.44. The lowest BCUT2D eigenvalue weighted by Gasteiger charge is -2.17. The summed E-state index contributed by atoms with van der Waals surface area (Å²) in [4.78, 5) is 24.5. The van der Waals surface area contributed by atoms with Crippen LogP contribution in [0.1, 0.15) is 44.1 Å². The third kappa shape index (κ3) is 4.91. The van der Waals surface area contributed by atoms with Crippen molar-refractivity contribution < 1.29 is 24.5 Å². The number of rotatable bonds is 8. The van der Waals surface area contributed by atoms with E-state index in [0.717, 1.165) is 33.6 Å². The Morgan fingerprint density at radius 2 is 1.64 bits per heavy atom. The number of nitrogen functional groups attached to an aromatic ring is 1. The summed E-state index contributed by atoms with van der Waals surface area (Å²) in [6, 6.07) is 19.3. The van der Waals surface area contributed by atoms with Crippen LogP contribution in [-0.2, 0) is 4.74 Å². The minimum absolute atomic E-state index is 0.0330. The Morgan fingerprint density at radius 1 is 1.00 bits per heavy atom. The van der Waals surface area contributed by atoms with Gasteiger partial charge in [-0.05, 0) is 40.8 Å². The molecule has 9 heteroatoms. The third-order valence-corrected chi connectivity index (χ3v) is 6.85. The summed E-state index contributed by atoms with van der Waals surface area (Å²) in [5, 5.41) is 23.2. The largest absolute Gasteiger partial charge is 0.449 e. The number of nitrogens with one attached hydrogen (secondary N) is 2. The smallest absolute Gasteiger partial charge is 0.407 e. The molecule has 6 N–H and O–H groups in total. The molecule has 1 aliphatic carbocycles. The van der Waals surface area contributed by atoms with Crippen LogP contribution in [0.2, 0.25) is 0 Å². The van der Waals surface area contributed by atoms with Crippen molar-refractivity contribution in [1.29, 1.82) is 0 Å². The molecule has 0 fully saturated rings. The van der Waals surface area contributed by atoms with E-state index in [4.69, 9.17) is 10.6 Å². The summed E-state index contributed by atoms with van der Waals surface area (Å²) >= 11 is 1.04. The Hall–Kier alpha value is -3.24. The summed E-state index contributed by atoms with van der Waals surface area (Å²) in [5.41, 5.74) is 6.58. The molecule has 0 saturated heterocycles. The van der Waals surface area contributed by atoms with Gasteiger partial charge in [-0.25, -0.2) is 10.6 Å². The zero-order chi connectivity index (χ0) is 23.4. The van der Waals surface area contributed by atoms with Crippen molar-refractivity contribution in [2.75, 3.05) is 13.2 Å². The van der Waals surface area contributed by atoms with Crippen molar-refractivity contribution in [1.82, 2.24) is 10.7 Å². The van der Waals surface area contributed by atoms with Gasteiger partial charge in [0.15, 0.2) is 0 Å². The molecule has 2 atom stereocenters. The van der Waals surface area contributed by atoms with E-state index in [-0.39, 0.29) is 25.5 Å². The number of fused-ring (bicyclic) bond motifs is 3. The fourth-order valence-electron chi connectivity index (χ4n) is 4.02. The predicted molar refractivity (Wildman–Crippen MR) is 125 cm³/mol. The molecular weight excluding hydrogens is 442 g/mol. The van der Waals surface area contributed by atoms with Crippen molar-refractivity contribution >= 4 is 23.3 Å². The summed E-state index contributed by atoms with van der Waals surface area (Å²) in [6.07, 6.45) is -2.77. The van der Waals surface area contributed by atoms with Crippen molar-refractivity contribution in [3.8, 4) is 11.1 Å². The van der Waals surface area contributed by atoms with Gasteiger partial charge in [0, 0.05) is 17.3 Å². The maximum Gasteiger partial charge on any atom is 0.407 e. The van der Waals surface area contributed by atoms with E-state index in [1.165, 1.54) is 6.07 Å². The van der Waals surface area contributed by atoms with E-state index in [9.17, 15) is 19.8 Å². The SMILES string of the molecule is NNC(=O)c1ccc(C(O)C(O)CCNC(=O)OCC2c3ccccc3-c3ccccc32)s1. The number of hydrogen-bond acceptors (Lipinski definition) is 7. The summed E-state index contributed by atoms with van der Waals surface area (Å²) in [5.74, 6) is 4.60. The Kier molecular flexibility index (Phi) is 7.05. The fourth-order valence-corrected chi connectivity index (χ4v) is 4.98. The first-order valence-corrected chi connectivity index (χ1v) is 11.4. The van der Waals surface area contributed by atoms with Crippen molar-refractivity contribution in [2.45, 2.75) is 24.5 Å². The standard InChI is InChI=1S/C24H25N3O5S/c25-27-23(30)21-10-9-20(33-21)22(29)19(28)11-12-26-24(31)32-13-18-16-7-3-1-5-14(16)15-6-2-4-8-17(15)18/h1-10,18-19,22,28-29H,11-13,25H2,(H,26,31)(H,27,30). The van der Waals surface area contributed by atoms with Crippen LogP contribution < -0.4 is 16.6 Å². The zero-order valence-corrected chi connectivity index (χ0v) is 18.5. The van der Waals surface area contributed by atoms with E-state index in [2.05, 4.69) is 17.4 Å². The minimum atomic E-state index is -1.18. The van der Waals surface area contributed by atoms with Gasteiger partial charge in [0.1, 0.15) is 12.7 Å². The normalized spacial score (nSPS) is 14.2. The number of ether oxygens (including phenoxy) is 1. The monoisotopic (exact) mass is 467 g/mol. The summed E-state index contributed by atoms with van der Waals surface area (Å²) in [7, 11) is 0. The molecule has 4 rings (SSSR count). The number of aliphatic hydroxyl groups excluding tert-OH is 2. The van der Waals surface area contributed by atoms with Crippen LogP contribution in [0.5, 0.6) is 0 Å². The number of benzene rings is 2. The number of alkyl carbamates (subject to hydrolysis) is 1. The topological polar surface area (TPSA) is 134 Å². The highest BCUT2D eigenvalue weighted by molar-refractivity contribution is 7.14. The number of carbonyl (C=O) groups excluding carboxylic acids is 2. The van der Waals surface area contributed by atoms with Gasteiger partial charge in [0.25, 0.3) is 5.91 Å². The highest BCUT2D eigenvalue weighted by Gasteiger charge is 2.29. The van der Waals surface area contributed by atoms with Crippen LogP contribution in [-0.4, -0.2) is 41.5 Å². The average Bonchev–Trinajstić information content (AvgIpc) is 3.45. The van der Waals surface area contributed by atoms with Gasteiger partial charge in [0.05, 0.1) is 11.0 Å². The first-order valence-electron chi connectivity index (χ1n) is 10.5. The second-order valence-corrected chi connectivity index (χ2v) is 8.84. The molecule has 8 nitrogen and oxygen atoms in total. The molecule has 2 unspecified atom stereocenters. The Bertz CT molecular complexity index is 1100. The quantitative estimate of drug-likeness (QED) is 0.196. The second-order valence-electron chi connectivity index (χ2n) is 7.73. The number of hydrazine groups is 1. The third-order valence-electron chi connectivity index (χ3n) is 5.69. The lowest BCUT2D eigenvalue weighted by Crippen LogP contribution is -2.30. The van der Waals surface area contributed by atoms with Crippen LogP contribution in [0, 0.1) is 0 Å². The van der Waals surface area contributed by atoms with Gasteiger partial charge in [-0.2, -0.15) is 0 Å². The Balaban J connectivity index is 1.26. The molecule has 2 aromatic carbocycles. The second kappa shape index (κ2) is 10.1. The lowest BCUT2D eigenvalue weighted by atomic mass is 9.98. The number of amides is 2. The van der Waals surface area contributed by atoms with Crippen LogP contribution in [0.25, 0.3) is 11.1 Å².